The van der Waals surface area contributed by atoms with Gasteiger partial charge in [-0.3, -0.25) is 4.79 Å². The van der Waals surface area contributed by atoms with E-state index in [2.05, 4.69) is 9.71 Å². The van der Waals surface area contributed by atoms with Crippen molar-refractivity contribution in [3.05, 3.63) is 71.1 Å². The number of fused-ring (bicyclic) bond motifs is 1. The molecule has 162 valence electrons. The number of benzene rings is 2. The largest absolute Gasteiger partial charge is 0.360 e. The van der Waals surface area contributed by atoms with Gasteiger partial charge in [-0.2, -0.15) is 0 Å². The van der Waals surface area contributed by atoms with Gasteiger partial charge in [0.15, 0.2) is 0 Å². The van der Waals surface area contributed by atoms with Gasteiger partial charge >= 0.3 is 0 Å². The van der Waals surface area contributed by atoms with Crippen molar-refractivity contribution in [2.24, 2.45) is 0 Å². The number of aromatic amines is 1. The predicted molar refractivity (Wildman–Crippen MR) is 119 cm³/mol. The maximum atomic E-state index is 13.4. The van der Waals surface area contributed by atoms with Crippen LogP contribution in [0.15, 0.2) is 59.6 Å². The minimum atomic E-state index is -3.77. The topological polar surface area (TPSA) is 82.3 Å². The summed E-state index contributed by atoms with van der Waals surface area (Å²) in [5, 5.41) is 1.08. The quantitative estimate of drug-likeness (QED) is 0.583. The number of rotatable bonds is 6. The molecule has 0 saturated carbocycles. The van der Waals surface area contributed by atoms with Crippen molar-refractivity contribution < 1.29 is 17.6 Å². The molecule has 0 bridgehead atoms. The van der Waals surface area contributed by atoms with Crippen molar-refractivity contribution in [2.75, 3.05) is 19.6 Å². The minimum Gasteiger partial charge on any atom is -0.360 e. The van der Waals surface area contributed by atoms with Crippen LogP contribution in [0.2, 0.25) is 5.02 Å². The van der Waals surface area contributed by atoms with E-state index in [9.17, 15) is 17.6 Å². The molecule has 1 aliphatic heterocycles. The fourth-order valence-electron chi connectivity index (χ4n) is 3.70. The average Bonchev–Trinajstić information content (AvgIpc) is 3.17. The molecule has 3 aromatic rings. The van der Waals surface area contributed by atoms with E-state index in [0.29, 0.717) is 19.5 Å². The molecule has 2 heterocycles. The van der Waals surface area contributed by atoms with Gasteiger partial charge in [0.25, 0.3) is 0 Å². The van der Waals surface area contributed by atoms with Crippen molar-refractivity contribution >= 4 is 44.0 Å². The van der Waals surface area contributed by atoms with Gasteiger partial charge in [0.2, 0.25) is 15.9 Å². The summed E-state index contributed by atoms with van der Waals surface area (Å²) in [5.74, 6) is -0.418. The molecule has 0 spiro atoms. The molecule has 31 heavy (non-hydrogen) atoms. The molecule has 1 aliphatic rings. The van der Waals surface area contributed by atoms with E-state index in [0.717, 1.165) is 22.0 Å². The Morgan fingerprint density at radius 1 is 1.23 bits per heavy atom. The van der Waals surface area contributed by atoms with Crippen LogP contribution in [-0.2, 0) is 14.8 Å². The Hall–Kier alpha value is -2.68. The number of nitrogens with one attached hydrogen (secondary N) is 2. The van der Waals surface area contributed by atoms with Gasteiger partial charge in [-0.1, -0.05) is 29.8 Å². The summed E-state index contributed by atoms with van der Waals surface area (Å²) in [6.07, 6.45) is 4.57. The Morgan fingerprint density at radius 3 is 2.77 bits per heavy atom. The fraction of sp³-hybridized carbons (Fsp3) is 0.227. The van der Waals surface area contributed by atoms with Crippen LogP contribution < -0.4 is 4.72 Å². The van der Waals surface area contributed by atoms with Gasteiger partial charge < -0.3 is 9.88 Å². The second kappa shape index (κ2) is 8.82. The Balaban J connectivity index is 1.35. The summed E-state index contributed by atoms with van der Waals surface area (Å²) < 4.78 is 40.5. The van der Waals surface area contributed by atoms with E-state index in [4.69, 9.17) is 11.6 Å². The van der Waals surface area contributed by atoms with Crippen LogP contribution in [-0.4, -0.2) is 43.8 Å². The summed E-state index contributed by atoms with van der Waals surface area (Å²) in [5.41, 5.74) is 2.84. The average molecular weight is 462 g/mol. The van der Waals surface area contributed by atoms with E-state index < -0.39 is 10.0 Å². The van der Waals surface area contributed by atoms with Gasteiger partial charge in [0.05, 0.1) is 5.02 Å². The zero-order valence-corrected chi connectivity index (χ0v) is 18.1. The maximum Gasteiger partial charge on any atom is 0.242 e. The lowest BCUT2D eigenvalue weighted by atomic mass is 9.99. The lowest BCUT2D eigenvalue weighted by molar-refractivity contribution is -0.130. The standard InChI is InChI=1S/C22H21ClFN3O3S/c23-19-3-1-2-4-21(19)31(29,30)26-10-7-22(28)27-11-8-15(9-12-27)18-14-25-20-13-16(24)5-6-17(18)20/h1-6,8,13-14,25-26H,7,9-12H2. The molecule has 9 heteroatoms. The van der Waals surface area contributed by atoms with Crippen LogP contribution in [0.25, 0.3) is 16.5 Å². The second-order valence-corrected chi connectivity index (χ2v) is 9.43. The number of H-pyrrole nitrogens is 1. The first kappa shape index (κ1) is 21.5. The van der Waals surface area contributed by atoms with Gasteiger partial charge in [0, 0.05) is 48.7 Å². The van der Waals surface area contributed by atoms with Crippen molar-refractivity contribution in [3.63, 3.8) is 0 Å². The normalized spacial score (nSPS) is 14.6. The van der Waals surface area contributed by atoms with E-state index in [1.54, 1.807) is 23.1 Å². The second-order valence-electron chi connectivity index (χ2n) is 7.29. The van der Waals surface area contributed by atoms with Gasteiger partial charge in [-0.15, -0.1) is 0 Å². The fourth-order valence-corrected chi connectivity index (χ4v) is 5.24. The van der Waals surface area contributed by atoms with Crippen LogP contribution in [0.3, 0.4) is 0 Å². The SMILES string of the molecule is O=C(CCNS(=O)(=O)c1ccccc1Cl)N1CC=C(c2c[nH]c3cc(F)ccc23)CC1. The number of hydrogen-bond donors (Lipinski definition) is 2. The zero-order valence-electron chi connectivity index (χ0n) is 16.6. The Kier molecular flexibility index (Phi) is 6.13. The molecule has 1 aromatic heterocycles. The van der Waals surface area contributed by atoms with E-state index >= 15 is 0 Å². The molecular weight excluding hydrogens is 441 g/mol. The third kappa shape index (κ3) is 4.66. The molecule has 0 fully saturated rings. The van der Waals surface area contributed by atoms with Crippen molar-refractivity contribution in [2.45, 2.75) is 17.7 Å². The van der Waals surface area contributed by atoms with Crippen LogP contribution in [0.4, 0.5) is 4.39 Å². The molecule has 0 saturated heterocycles. The van der Waals surface area contributed by atoms with Crippen molar-refractivity contribution in [1.82, 2.24) is 14.6 Å². The molecule has 0 unspecified atom stereocenters. The lowest BCUT2D eigenvalue weighted by Gasteiger charge is -2.26. The highest BCUT2D eigenvalue weighted by Crippen LogP contribution is 2.29. The Bertz CT molecular complexity index is 1270. The highest BCUT2D eigenvalue weighted by atomic mass is 35.5. The molecule has 0 atom stereocenters. The number of nitrogens with zero attached hydrogens (tertiary/aromatic N) is 1. The molecule has 2 aromatic carbocycles. The number of carbonyl (C=O) groups is 1. The minimum absolute atomic E-state index is 0.00623. The van der Waals surface area contributed by atoms with Gasteiger partial charge in [-0.05, 0) is 42.3 Å². The molecule has 0 radical (unpaired) electrons. The first-order chi connectivity index (χ1) is 14.8. The number of carbonyl (C=O) groups excluding carboxylic acids is 1. The van der Waals surface area contributed by atoms with Gasteiger partial charge in [-0.25, -0.2) is 17.5 Å². The maximum absolute atomic E-state index is 13.4. The molecule has 0 aliphatic carbocycles. The van der Waals surface area contributed by atoms with Crippen LogP contribution in [0, 0.1) is 5.82 Å². The zero-order chi connectivity index (χ0) is 22.0. The molecule has 6 nitrogen and oxygen atoms in total. The van der Waals surface area contributed by atoms with E-state index in [1.165, 1.54) is 24.3 Å². The number of hydrogen-bond acceptors (Lipinski definition) is 3. The van der Waals surface area contributed by atoms with E-state index in [1.807, 2.05) is 12.3 Å². The first-order valence-corrected chi connectivity index (χ1v) is 11.7. The number of halogens is 2. The number of aromatic nitrogens is 1. The third-order valence-electron chi connectivity index (χ3n) is 5.31. The van der Waals surface area contributed by atoms with Crippen LogP contribution >= 0.6 is 11.6 Å². The highest BCUT2D eigenvalue weighted by Gasteiger charge is 2.21. The summed E-state index contributed by atoms with van der Waals surface area (Å²) in [7, 11) is -3.77. The summed E-state index contributed by atoms with van der Waals surface area (Å²) in [6.45, 7) is 0.975. The monoisotopic (exact) mass is 461 g/mol. The lowest BCUT2D eigenvalue weighted by Crippen LogP contribution is -2.37. The van der Waals surface area contributed by atoms with Crippen LogP contribution in [0.1, 0.15) is 18.4 Å². The predicted octanol–water partition coefficient (Wildman–Crippen LogP) is 3.94. The third-order valence-corrected chi connectivity index (χ3v) is 7.27. The smallest absolute Gasteiger partial charge is 0.242 e. The Morgan fingerprint density at radius 2 is 2.03 bits per heavy atom. The molecule has 1 amide bonds. The van der Waals surface area contributed by atoms with E-state index in [-0.39, 0.29) is 34.6 Å². The van der Waals surface area contributed by atoms with Crippen molar-refractivity contribution in [1.29, 1.82) is 0 Å². The molecule has 4 rings (SSSR count). The summed E-state index contributed by atoms with van der Waals surface area (Å²) in [6, 6.07) is 10.8. The highest BCUT2D eigenvalue weighted by molar-refractivity contribution is 7.89. The first-order valence-electron chi connectivity index (χ1n) is 9.83. The number of sulfonamides is 1. The number of amides is 1. The summed E-state index contributed by atoms with van der Waals surface area (Å²) >= 11 is 5.95. The summed E-state index contributed by atoms with van der Waals surface area (Å²) in [4.78, 5) is 17.3. The Labute approximate surface area is 184 Å². The van der Waals surface area contributed by atoms with Crippen LogP contribution in [0.5, 0.6) is 0 Å². The van der Waals surface area contributed by atoms with Gasteiger partial charge in [0.1, 0.15) is 10.7 Å². The van der Waals surface area contributed by atoms with Crippen molar-refractivity contribution in [3.8, 4) is 0 Å². The molecular formula is C22H21ClFN3O3S. The molecule has 2 N–H and O–H groups in total.